The van der Waals surface area contributed by atoms with Crippen molar-refractivity contribution in [3.05, 3.63) is 66.2 Å². The van der Waals surface area contributed by atoms with Gasteiger partial charge >= 0.3 is 0 Å². The highest BCUT2D eigenvalue weighted by Crippen LogP contribution is 2.29. The highest BCUT2D eigenvalue weighted by Gasteiger charge is 2.36. The van der Waals surface area contributed by atoms with Crippen LogP contribution in [-0.2, 0) is 11.2 Å². The lowest BCUT2D eigenvalue weighted by atomic mass is 10.1. The van der Waals surface area contributed by atoms with E-state index in [9.17, 15) is 9.59 Å². The Morgan fingerprint density at radius 2 is 1.90 bits per heavy atom. The molecule has 1 N–H and O–H groups in total. The molecule has 1 aromatic heterocycles. The van der Waals surface area contributed by atoms with Crippen LogP contribution in [0.4, 0.5) is 10.6 Å². The lowest BCUT2D eigenvalue weighted by Gasteiger charge is -2.09. The topological polar surface area (TPSA) is 71.3 Å². The quantitative estimate of drug-likeness (QED) is 0.634. The first-order valence-electron chi connectivity index (χ1n) is 9.51. The second-order valence-electron chi connectivity index (χ2n) is 7.21. The summed E-state index contributed by atoms with van der Waals surface area (Å²) >= 11 is 1.05. The molecule has 1 unspecified atom stereocenters. The maximum atomic E-state index is 11.7. The molecular formula is C22H19N3O3S. The number of fused-ring (bicyclic) bond motifs is 1. The van der Waals surface area contributed by atoms with Crippen molar-refractivity contribution in [2.24, 2.45) is 0 Å². The van der Waals surface area contributed by atoms with E-state index in [2.05, 4.69) is 28.4 Å². The molecule has 3 heterocycles. The highest BCUT2D eigenvalue weighted by molar-refractivity contribution is 8.15. The van der Waals surface area contributed by atoms with Crippen molar-refractivity contribution < 1.29 is 14.3 Å². The van der Waals surface area contributed by atoms with Crippen LogP contribution >= 0.6 is 11.8 Å². The number of anilines is 1. The second-order valence-corrected chi connectivity index (χ2v) is 8.39. The fraction of sp³-hybridized carbons (Fsp3) is 0.227. The molecule has 0 saturated carbocycles. The number of carbonyl (C=O) groups excluding carboxylic acids is 2. The number of nitrogens with zero attached hydrogens (tertiary/aromatic N) is 2. The summed E-state index contributed by atoms with van der Waals surface area (Å²) in [5.74, 6) is 1.57. The van der Waals surface area contributed by atoms with E-state index in [1.165, 1.54) is 0 Å². The molecule has 3 aromatic rings. The SMILES string of the molecule is O=C1NC(=O)C(Cc2ccc(OC[C@H]3CN3c3ccc4ccccc4n3)cc2)S1. The molecule has 7 heteroatoms. The standard InChI is InChI=1S/C22H19N3O3S/c26-21-19(29-22(27)24-21)11-14-5-8-17(9-6-14)28-13-16-12-25(16)20-10-7-15-3-1-2-4-18(15)23-20/h1-10,16,19H,11-13H2,(H,24,26,27)/t16-,19?,25?/m1/s1. The number of ether oxygens (including phenoxy) is 1. The van der Waals surface area contributed by atoms with Crippen LogP contribution in [0.2, 0.25) is 0 Å². The summed E-state index contributed by atoms with van der Waals surface area (Å²) in [6.07, 6.45) is 0.534. The van der Waals surface area contributed by atoms with E-state index in [1.807, 2.05) is 42.5 Å². The maximum absolute atomic E-state index is 11.7. The molecule has 146 valence electrons. The number of pyridine rings is 1. The van der Waals surface area contributed by atoms with Gasteiger partial charge in [-0.05, 0) is 42.3 Å². The highest BCUT2D eigenvalue weighted by atomic mass is 32.2. The Morgan fingerprint density at radius 1 is 1.07 bits per heavy atom. The van der Waals surface area contributed by atoms with Gasteiger partial charge in [0.25, 0.3) is 5.24 Å². The van der Waals surface area contributed by atoms with Gasteiger partial charge in [0.05, 0.1) is 16.8 Å². The number of hydrogen-bond donors (Lipinski definition) is 1. The number of aromatic nitrogens is 1. The number of thioether (sulfide) groups is 1. The van der Waals surface area contributed by atoms with Crippen molar-refractivity contribution in [1.29, 1.82) is 0 Å². The van der Waals surface area contributed by atoms with Gasteiger partial charge < -0.3 is 9.64 Å². The maximum Gasteiger partial charge on any atom is 0.286 e. The molecule has 2 aliphatic heterocycles. The molecule has 2 atom stereocenters. The summed E-state index contributed by atoms with van der Waals surface area (Å²) in [5, 5.41) is 2.85. The van der Waals surface area contributed by atoms with Gasteiger partial charge in [-0.3, -0.25) is 14.9 Å². The minimum atomic E-state index is -0.344. The van der Waals surface area contributed by atoms with Crippen LogP contribution in [0, 0.1) is 0 Å². The number of hydrogen-bond acceptors (Lipinski definition) is 6. The third-order valence-corrected chi connectivity index (χ3v) is 6.13. The number of amides is 2. The molecule has 0 spiro atoms. The zero-order chi connectivity index (χ0) is 19.8. The number of nitrogens with one attached hydrogen (secondary N) is 1. The predicted octanol–water partition coefficient (Wildman–Crippen LogP) is 3.40. The molecule has 6 nitrogen and oxygen atoms in total. The van der Waals surface area contributed by atoms with Crippen LogP contribution in [0.5, 0.6) is 5.75 Å². The smallest absolute Gasteiger partial charge is 0.286 e. The Balaban J connectivity index is 1.15. The summed E-state index contributed by atoms with van der Waals surface area (Å²) in [6.45, 7) is 1.54. The molecule has 5 rings (SSSR count). The van der Waals surface area contributed by atoms with Crippen molar-refractivity contribution in [3.63, 3.8) is 0 Å². The van der Waals surface area contributed by atoms with Gasteiger partial charge in [0.2, 0.25) is 5.91 Å². The Morgan fingerprint density at radius 3 is 2.69 bits per heavy atom. The first-order chi connectivity index (χ1) is 14.2. The molecular weight excluding hydrogens is 386 g/mol. The zero-order valence-electron chi connectivity index (χ0n) is 15.6. The van der Waals surface area contributed by atoms with E-state index in [4.69, 9.17) is 9.72 Å². The molecule has 2 amide bonds. The molecule has 2 aliphatic rings. The van der Waals surface area contributed by atoms with Gasteiger partial charge in [-0.1, -0.05) is 42.1 Å². The first kappa shape index (κ1) is 18.0. The normalized spacial score (nSPS) is 20.8. The monoisotopic (exact) mass is 405 g/mol. The van der Waals surface area contributed by atoms with Gasteiger partial charge in [-0.2, -0.15) is 0 Å². The zero-order valence-corrected chi connectivity index (χ0v) is 16.4. The number of rotatable bonds is 6. The van der Waals surface area contributed by atoms with Crippen LogP contribution in [-0.4, -0.2) is 40.6 Å². The van der Waals surface area contributed by atoms with E-state index in [0.717, 1.165) is 46.3 Å². The molecule has 0 aliphatic carbocycles. The molecule has 0 bridgehead atoms. The van der Waals surface area contributed by atoms with Gasteiger partial charge in [0, 0.05) is 11.9 Å². The average Bonchev–Trinajstić information content (AvgIpc) is 3.45. The minimum absolute atomic E-state index is 0.212. The lowest BCUT2D eigenvalue weighted by Crippen LogP contribution is -2.25. The van der Waals surface area contributed by atoms with Crippen molar-refractivity contribution in [2.45, 2.75) is 17.7 Å². The molecule has 2 aromatic carbocycles. The van der Waals surface area contributed by atoms with E-state index in [1.54, 1.807) is 0 Å². The Labute approximate surface area is 172 Å². The van der Waals surface area contributed by atoms with Gasteiger partial charge in [-0.25, -0.2) is 4.98 Å². The fourth-order valence-corrected chi connectivity index (χ4v) is 4.33. The van der Waals surface area contributed by atoms with Crippen molar-refractivity contribution >= 4 is 39.6 Å². The summed E-state index contributed by atoms with van der Waals surface area (Å²) in [4.78, 5) is 29.9. The van der Waals surface area contributed by atoms with E-state index < -0.39 is 0 Å². The minimum Gasteiger partial charge on any atom is -0.491 e. The molecule has 2 fully saturated rings. The molecule has 29 heavy (non-hydrogen) atoms. The van der Waals surface area contributed by atoms with Crippen LogP contribution in [0.3, 0.4) is 0 Å². The van der Waals surface area contributed by atoms with E-state index >= 15 is 0 Å². The fourth-order valence-electron chi connectivity index (χ4n) is 3.47. The Hall–Kier alpha value is -3.06. The lowest BCUT2D eigenvalue weighted by molar-refractivity contribution is -0.118. The van der Waals surface area contributed by atoms with Gasteiger partial charge in [0.15, 0.2) is 0 Å². The van der Waals surface area contributed by atoms with Crippen LogP contribution < -0.4 is 15.0 Å². The number of benzene rings is 2. The average molecular weight is 405 g/mol. The summed E-state index contributed by atoms with van der Waals surface area (Å²) in [6, 6.07) is 20.3. The van der Waals surface area contributed by atoms with Gasteiger partial charge in [-0.15, -0.1) is 0 Å². The third-order valence-electron chi connectivity index (χ3n) is 5.15. The van der Waals surface area contributed by atoms with E-state index in [0.29, 0.717) is 19.1 Å². The number of carbonyl (C=O) groups is 2. The molecule has 0 radical (unpaired) electrons. The van der Waals surface area contributed by atoms with Crippen LogP contribution in [0.15, 0.2) is 60.7 Å². The number of imide groups is 1. The predicted molar refractivity (Wildman–Crippen MR) is 113 cm³/mol. The van der Waals surface area contributed by atoms with E-state index in [-0.39, 0.29) is 16.4 Å². The van der Waals surface area contributed by atoms with Crippen LogP contribution in [0.25, 0.3) is 10.9 Å². The summed E-state index contributed by atoms with van der Waals surface area (Å²) in [7, 11) is 0. The van der Waals surface area contributed by atoms with Gasteiger partial charge in [0.1, 0.15) is 18.2 Å². The first-order valence-corrected chi connectivity index (χ1v) is 10.4. The van der Waals surface area contributed by atoms with Crippen molar-refractivity contribution in [2.75, 3.05) is 18.1 Å². The largest absolute Gasteiger partial charge is 0.491 e. The van der Waals surface area contributed by atoms with Crippen molar-refractivity contribution in [3.8, 4) is 5.75 Å². The molecule has 2 saturated heterocycles. The van der Waals surface area contributed by atoms with Crippen molar-refractivity contribution in [1.82, 2.24) is 10.3 Å². The summed E-state index contributed by atoms with van der Waals surface area (Å²) < 4.78 is 5.92. The second kappa shape index (κ2) is 7.40. The van der Waals surface area contributed by atoms with Crippen LogP contribution in [0.1, 0.15) is 5.56 Å². The third kappa shape index (κ3) is 3.91. The summed E-state index contributed by atoms with van der Waals surface area (Å²) in [5.41, 5.74) is 2.01. The number of para-hydroxylation sites is 1. The Bertz CT molecular complexity index is 1090. The Kier molecular flexibility index (Phi) is 4.60.